The number of aromatic nitrogens is 1. The van der Waals surface area contributed by atoms with Crippen molar-refractivity contribution in [1.29, 1.82) is 0 Å². The Kier molecular flexibility index (Phi) is 4.59. The third-order valence-corrected chi connectivity index (χ3v) is 3.54. The van der Waals surface area contributed by atoms with Crippen LogP contribution in [0, 0.1) is 0 Å². The second-order valence-electron chi connectivity index (χ2n) is 4.24. The van der Waals surface area contributed by atoms with Crippen LogP contribution in [-0.4, -0.2) is 34.7 Å². The molecule has 21 heavy (non-hydrogen) atoms. The van der Waals surface area contributed by atoms with Crippen LogP contribution in [0.25, 0.3) is 10.2 Å². The molecule has 0 fully saturated rings. The van der Waals surface area contributed by atoms with E-state index < -0.39 is 18.0 Å². The number of rotatable bonds is 5. The highest BCUT2D eigenvalue weighted by atomic mass is 32.1. The minimum Gasteiger partial charge on any atom is -0.494 e. The Morgan fingerprint density at radius 1 is 1.48 bits per heavy atom. The quantitative estimate of drug-likeness (QED) is 0.786. The number of hydrogen-bond acceptors (Lipinski definition) is 5. The zero-order valence-electron chi connectivity index (χ0n) is 11.5. The first-order valence-electron chi connectivity index (χ1n) is 6.33. The predicted octanol–water partition coefficient (Wildman–Crippen LogP) is 2.29. The standard InChI is InChI=1S/C13H15N3O4S/c1-3-20-8-4-5-9-10(6-8)21-13(15-9)16-12(19)14-7(2)11(17)18/h4-7H,3H2,1-2H3,(H,17,18)(H2,14,15,16,19). The van der Waals surface area contributed by atoms with Gasteiger partial charge in [0, 0.05) is 0 Å². The van der Waals surface area contributed by atoms with Crippen molar-refractivity contribution in [3.63, 3.8) is 0 Å². The molecule has 2 rings (SSSR count). The number of carbonyl (C=O) groups is 2. The predicted molar refractivity (Wildman–Crippen MR) is 80.0 cm³/mol. The largest absolute Gasteiger partial charge is 0.494 e. The number of nitrogens with one attached hydrogen (secondary N) is 2. The number of aliphatic carboxylic acids is 1. The topological polar surface area (TPSA) is 101 Å². The van der Waals surface area contributed by atoms with Crippen molar-refractivity contribution < 1.29 is 19.4 Å². The molecule has 0 saturated heterocycles. The van der Waals surface area contributed by atoms with Crippen LogP contribution in [0.5, 0.6) is 5.75 Å². The minimum atomic E-state index is -1.10. The van der Waals surface area contributed by atoms with E-state index in [1.807, 2.05) is 19.1 Å². The molecule has 3 N–H and O–H groups in total. The fourth-order valence-electron chi connectivity index (χ4n) is 1.61. The molecule has 0 spiro atoms. The molecule has 1 aromatic carbocycles. The molecule has 7 nitrogen and oxygen atoms in total. The lowest BCUT2D eigenvalue weighted by Gasteiger charge is -2.08. The van der Waals surface area contributed by atoms with Gasteiger partial charge in [0.25, 0.3) is 0 Å². The molecule has 8 heteroatoms. The third-order valence-electron chi connectivity index (χ3n) is 2.61. The lowest BCUT2D eigenvalue weighted by Crippen LogP contribution is -2.40. The molecule has 0 aliphatic heterocycles. The van der Waals surface area contributed by atoms with Crippen LogP contribution in [0.15, 0.2) is 18.2 Å². The summed E-state index contributed by atoms with van der Waals surface area (Å²) in [7, 11) is 0. The molecule has 0 radical (unpaired) electrons. The molecule has 1 aromatic heterocycles. The van der Waals surface area contributed by atoms with Crippen LogP contribution in [0.2, 0.25) is 0 Å². The van der Waals surface area contributed by atoms with Gasteiger partial charge in [-0.2, -0.15) is 0 Å². The van der Waals surface area contributed by atoms with E-state index in [1.54, 1.807) is 6.07 Å². The number of urea groups is 1. The Morgan fingerprint density at radius 2 is 2.24 bits per heavy atom. The first kappa shape index (κ1) is 15.0. The molecule has 0 aliphatic rings. The highest BCUT2D eigenvalue weighted by Gasteiger charge is 2.15. The number of benzene rings is 1. The third kappa shape index (κ3) is 3.82. The highest BCUT2D eigenvalue weighted by molar-refractivity contribution is 7.22. The molecule has 1 unspecified atom stereocenters. The first-order chi connectivity index (χ1) is 9.99. The molecule has 1 heterocycles. The van der Waals surface area contributed by atoms with E-state index >= 15 is 0 Å². The molecule has 0 aliphatic carbocycles. The summed E-state index contributed by atoms with van der Waals surface area (Å²) < 4.78 is 6.27. The van der Waals surface area contributed by atoms with Crippen molar-refractivity contribution in [2.45, 2.75) is 19.9 Å². The van der Waals surface area contributed by atoms with E-state index in [9.17, 15) is 9.59 Å². The van der Waals surface area contributed by atoms with E-state index in [0.717, 1.165) is 16.0 Å². The Bertz CT molecular complexity index is 670. The first-order valence-corrected chi connectivity index (χ1v) is 7.15. The average Bonchev–Trinajstić information content (AvgIpc) is 2.80. The summed E-state index contributed by atoms with van der Waals surface area (Å²) in [5.41, 5.74) is 0.741. The number of carbonyl (C=O) groups excluding carboxylic acids is 1. The Balaban J connectivity index is 2.08. The number of nitrogens with zero attached hydrogens (tertiary/aromatic N) is 1. The van der Waals surface area contributed by atoms with Crippen LogP contribution in [0.3, 0.4) is 0 Å². The number of hydrogen-bond donors (Lipinski definition) is 3. The van der Waals surface area contributed by atoms with Gasteiger partial charge in [-0.1, -0.05) is 11.3 Å². The highest BCUT2D eigenvalue weighted by Crippen LogP contribution is 2.29. The van der Waals surface area contributed by atoms with Gasteiger partial charge < -0.3 is 15.2 Å². The van der Waals surface area contributed by atoms with Crippen molar-refractivity contribution in [1.82, 2.24) is 10.3 Å². The van der Waals surface area contributed by atoms with Crippen LogP contribution < -0.4 is 15.4 Å². The Morgan fingerprint density at radius 3 is 2.90 bits per heavy atom. The van der Waals surface area contributed by atoms with Crippen molar-refractivity contribution in [3.05, 3.63) is 18.2 Å². The zero-order chi connectivity index (χ0) is 15.4. The zero-order valence-corrected chi connectivity index (χ0v) is 12.4. The molecule has 0 saturated carbocycles. The summed E-state index contributed by atoms with van der Waals surface area (Å²) in [6, 6.07) is 3.89. The number of carboxylic acid groups (broad SMARTS) is 1. The monoisotopic (exact) mass is 309 g/mol. The average molecular weight is 309 g/mol. The van der Waals surface area contributed by atoms with E-state index in [1.165, 1.54) is 18.3 Å². The molecule has 2 aromatic rings. The van der Waals surface area contributed by atoms with Crippen LogP contribution in [0.4, 0.5) is 9.93 Å². The smallest absolute Gasteiger partial charge is 0.325 e. The second-order valence-corrected chi connectivity index (χ2v) is 5.27. The van der Waals surface area contributed by atoms with E-state index in [0.29, 0.717) is 11.7 Å². The van der Waals surface area contributed by atoms with Crippen molar-refractivity contribution in [2.24, 2.45) is 0 Å². The summed E-state index contributed by atoms with van der Waals surface area (Å²) in [6.07, 6.45) is 0. The maximum Gasteiger partial charge on any atom is 0.325 e. The summed E-state index contributed by atoms with van der Waals surface area (Å²) in [5.74, 6) is -0.361. The summed E-state index contributed by atoms with van der Waals surface area (Å²) in [5, 5.41) is 13.9. The van der Waals surface area contributed by atoms with Gasteiger partial charge in [-0.05, 0) is 32.0 Å². The number of thiazole rings is 1. The summed E-state index contributed by atoms with van der Waals surface area (Å²) >= 11 is 1.29. The molecule has 2 amide bonds. The van der Waals surface area contributed by atoms with E-state index in [4.69, 9.17) is 9.84 Å². The van der Waals surface area contributed by atoms with Gasteiger partial charge in [0.1, 0.15) is 11.8 Å². The lowest BCUT2D eigenvalue weighted by atomic mass is 10.3. The van der Waals surface area contributed by atoms with Crippen LogP contribution >= 0.6 is 11.3 Å². The van der Waals surface area contributed by atoms with Gasteiger partial charge in [-0.3, -0.25) is 10.1 Å². The maximum atomic E-state index is 11.6. The van der Waals surface area contributed by atoms with Gasteiger partial charge >= 0.3 is 12.0 Å². The number of anilines is 1. The lowest BCUT2D eigenvalue weighted by molar-refractivity contribution is -0.138. The van der Waals surface area contributed by atoms with Crippen LogP contribution in [0.1, 0.15) is 13.8 Å². The van der Waals surface area contributed by atoms with Crippen LogP contribution in [-0.2, 0) is 4.79 Å². The second kappa shape index (κ2) is 6.40. The molecular formula is C13H15N3O4S. The number of amides is 2. The van der Waals surface area contributed by atoms with Crippen molar-refractivity contribution in [3.8, 4) is 5.75 Å². The Labute approximate surface area is 124 Å². The molecule has 112 valence electrons. The fourth-order valence-corrected chi connectivity index (χ4v) is 2.50. The molecule has 1 atom stereocenters. The normalized spacial score (nSPS) is 11.9. The SMILES string of the molecule is CCOc1ccc2nc(NC(=O)NC(C)C(=O)O)sc2c1. The number of fused-ring (bicyclic) bond motifs is 1. The van der Waals surface area contributed by atoms with Gasteiger partial charge in [0.2, 0.25) is 0 Å². The molecule has 0 bridgehead atoms. The van der Waals surface area contributed by atoms with Gasteiger partial charge in [-0.15, -0.1) is 0 Å². The van der Waals surface area contributed by atoms with E-state index in [2.05, 4.69) is 15.6 Å². The van der Waals surface area contributed by atoms with Crippen molar-refractivity contribution in [2.75, 3.05) is 11.9 Å². The minimum absolute atomic E-state index is 0.397. The van der Waals surface area contributed by atoms with Crippen molar-refractivity contribution >= 4 is 38.7 Å². The van der Waals surface area contributed by atoms with Gasteiger partial charge in [0.05, 0.1) is 16.8 Å². The number of ether oxygens (including phenoxy) is 1. The summed E-state index contributed by atoms with van der Waals surface area (Å²) in [4.78, 5) is 26.5. The number of carboxylic acids is 1. The Hall–Kier alpha value is -2.35. The van der Waals surface area contributed by atoms with E-state index in [-0.39, 0.29) is 0 Å². The maximum absolute atomic E-state index is 11.6. The van der Waals surface area contributed by atoms with Gasteiger partial charge in [-0.25, -0.2) is 9.78 Å². The van der Waals surface area contributed by atoms with Gasteiger partial charge in [0.15, 0.2) is 5.13 Å². The summed E-state index contributed by atoms with van der Waals surface area (Å²) in [6.45, 7) is 3.86. The molecular weight excluding hydrogens is 294 g/mol. The fraction of sp³-hybridized carbons (Fsp3) is 0.308.